The van der Waals surface area contributed by atoms with Crippen LogP contribution in [0.1, 0.15) is 62.2 Å². The van der Waals surface area contributed by atoms with E-state index in [1.807, 2.05) is 30.3 Å². The van der Waals surface area contributed by atoms with Crippen molar-refractivity contribution >= 4 is 22.0 Å². The second kappa shape index (κ2) is 8.94. The molecule has 1 unspecified atom stereocenters. The van der Waals surface area contributed by atoms with Gasteiger partial charge in [-0.1, -0.05) is 73.3 Å². The molecule has 0 N–H and O–H groups in total. The van der Waals surface area contributed by atoms with Crippen molar-refractivity contribution in [2.24, 2.45) is 0 Å². The highest BCUT2D eigenvalue weighted by Crippen LogP contribution is 2.34. The van der Waals surface area contributed by atoms with Crippen LogP contribution in [-0.2, 0) is 0 Å². The number of unbranched alkanes of at least 4 members (excludes halogenated alkanes) is 2. The molecule has 22 heavy (non-hydrogen) atoms. The van der Waals surface area contributed by atoms with Gasteiger partial charge in [-0.15, -0.1) is 0 Å². The Kier molecular flexibility index (Phi) is 6.91. The van der Waals surface area contributed by atoms with E-state index < -0.39 is 0 Å². The molecule has 0 aliphatic carbocycles. The normalized spacial score (nSPS) is 12.9. The van der Waals surface area contributed by atoms with Crippen LogP contribution in [0.2, 0.25) is 0 Å². The molecule has 1 heterocycles. The van der Waals surface area contributed by atoms with Crippen LogP contribution < -0.4 is 0 Å². The van der Waals surface area contributed by atoms with Crippen LogP contribution >= 0.6 is 15.9 Å². The molecule has 1 aromatic carbocycles. The molecule has 0 saturated heterocycles. The Labute approximate surface area is 141 Å². The van der Waals surface area contributed by atoms with Gasteiger partial charge in [0.15, 0.2) is 0 Å². The van der Waals surface area contributed by atoms with Crippen LogP contribution in [-0.4, -0.2) is 4.98 Å². The molecule has 2 rings (SSSR count). The maximum atomic E-state index is 6.08. The first-order chi connectivity index (χ1) is 10.8. The van der Waals surface area contributed by atoms with E-state index in [-0.39, 0.29) is 4.83 Å². The average molecular weight is 362 g/mol. The molecule has 0 spiro atoms. The monoisotopic (exact) mass is 361 g/mol. The van der Waals surface area contributed by atoms with Crippen LogP contribution in [0, 0.1) is 0 Å². The number of halogens is 1. The van der Waals surface area contributed by atoms with Crippen LogP contribution in [0.4, 0.5) is 0 Å². The molecular weight excluding hydrogens is 338 g/mol. The lowest BCUT2D eigenvalue weighted by Crippen LogP contribution is -1.90. The molecule has 2 aromatic rings. The summed E-state index contributed by atoms with van der Waals surface area (Å²) in [4.78, 5) is 4.92. The maximum absolute atomic E-state index is 6.08. The van der Waals surface area contributed by atoms with E-state index in [1.54, 1.807) is 0 Å². The Balaban J connectivity index is 2.30. The Hall–Kier alpha value is -1.35. The number of hydrogen-bond donors (Lipinski definition) is 0. The molecule has 0 amide bonds. The summed E-state index contributed by atoms with van der Waals surface area (Å²) >= 11 is 3.77. The number of aromatic nitrogens is 1. The molecule has 0 aliphatic rings. The predicted octanol–water partition coefficient (Wildman–Crippen LogP) is 6.78. The van der Waals surface area contributed by atoms with Crippen LogP contribution in [0.25, 0.3) is 17.5 Å². The maximum Gasteiger partial charge on any atom is 0.226 e. The van der Waals surface area contributed by atoms with Crippen molar-refractivity contribution in [3.05, 3.63) is 47.9 Å². The van der Waals surface area contributed by atoms with Gasteiger partial charge < -0.3 is 4.42 Å². The fraction of sp³-hybridized carbons (Fsp3) is 0.421. The zero-order chi connectivity index (χ0) is 15.8. The molecule has 1 aromatic heterocycles. The summed E-state index contributed by atoms with van der Waals surface area (Å²) in [7, 11) is 0. The van der Waals surface area contributed by atoms with Crippen molar-refractivity contribution in [2.45, 2.75) is 50.8 Å². The number of allylic oxidation sites excluding steroid dienone is 1. The van der Waals surface area contributed by atoms with Crippen molar-refractivity contribution in [1.82, 2.24) is 4.98 Å². The van der Waals surface area contributed by atoms with E-state index in [0.717, 1.165) is 36.3 Å². The van der Waals surface area contributed by atoms with Crippen molar-refractivity contribution in [1.29, 1.82) is 0 Å². The van der Waals surface area contributed by atoms with E-state index >= 15 is 0 Å². The van der Waals surface area contributed by atoms with Gasteiger partial charge in [0.2, 0.25) is 5.89 Å². The van der Waals surface area contributed by atoms with E-state index in [2.05, 4.69) is 41.9 Å². The van der Waals surface area contributed by atoms with Crippen LogP contribution in [0.15, 0.2) is 40.8 Å². The first kappa shape index (κ1) is 17.0. The lowest BCUT2D eigenvalue weighted by Gasteiger charge is -2.06. The van der Waals surface area contributed by atoms with Gasteiger partial charge in [0.25, 0.3) is 0 Å². The molecule has 1 atom stereocenters. The standard InChI is InChI=1S/C19H24BrNO/c1-3-5-8-14-17-18(16(20)13-6-4-2)22-19(21-17)15-11-9-7-10-12-15/h7-12,14,16H,3-6,13H2,1-2H3/b14-8+. The Morgan fingerprint density at radius 2 is 1.95 bits per heavy atom. The number of rotatable bonds is 8. The smallest absolute Gasteiger partial charge is 0.226 e. The summed E-state index contributed by atoms with van der Waals surface area (Å²) in [6.45, 7) is 4.38. The minimum Gasteiger partial charge on any atom is -0.439 e. The topological polar surface area (TPSA) is 26.0 Å². The molecule has 0 aliphatic heterocycles. The number of hydrogen-bond acceptors (Lipinski definition) is 2. The van der Waals surface area contributed by atoms with Gasteiger partial charge in [-0.05, 0) is 31.1 Å². The van der Waals surface area contributed by atoms with Gasteiger partial charge in [-0.2, -0.15) is 0 Å². The zero-order valence-corrected chi connectivity index (χ0v) is 15.0. The Morgan fingerprint density at radius 3 is 2.64 bits per heavy atom. The molecule has 0 saturated carbocycles. The van der Waals surface area contributed by atoms with Gasteiger partial charge in [0, 0.05) is 5.56 Å². The van der Waals surface area contributed by atoms with Gasteiger partial charge in [0.1, 0.15) is 11.5 Å². The van der Waals surface area contributed by atoms with E-state index in [0.29, 0.717) is 5.89 Å². The highest BCUT2D eigenvalue weighted by atomic mass is 79.9. The third-order valence-corrected chi connectivity index (χ3v) is 4.40. The third-order valence-electron chi connectivity index (χ3n) is 3.53. The van der Waals surface area contributed by atoms with Crippen molar-refractivity contribution in [3.63, 3.8) is 0 Å². The number of alkyl halides is 1. The molecular formula is C19H24BrNO. The van der Waals surface area contributed by atoms with E-state index in [4.69, 9.17) is 9.40 Å². The molecule has 0 bridgehead atoms. The Morgan fingerprint density at radius 1 is 1.18 bits per heavy atom. The Bertz CT molecular complexity index is 589. The fourth-order valence-corrected chi connectivity index (χ4v) is 2.92. The summed E-state index contributed by atoms with van der Waals surface area (Å²) in [5, 5.41) is 0. The number of oxazole rings is 1. The SMILES string of the molecule is CCC/C=C/c1nc(-c2ccccc2)oc1C(Br)CCCC. The minimum atomic E-state index is 0.221. The summed E-state index contributed by atoms with van der Waals surface area (Å²) < 4.78 is 6.08. The van der Waals surface area contributed by atoms with E-state index in [9.17, 15) is 0 Å². The average Bonchev–Trinajstić information content (AvgIpc) is 2.98. The largest absolute Gasteiger partial charge is 0.439 e. The lowest BCUT2D eigenvalue weighted by molar-refractivity contribution is 0.502. The summed E-state index contributed by atoms with van der Waals surface area (Å²) in [6, 6.07) is 10.1. The second-order valence-corrected chi connectivity index (χ2v) is 6.54. The van der Waals surface area contributed by atoms with E-state index in [1.165, 1.54) is 12.8 Å². The quantitative estimate of drug-likeness (QED) is 0.484. The molecule has 3 heteroatoms. The summed E-state index contributed by atoms with van der Waals surface area (Å²) in [5.41, 5.74) is 1.97. The van der Waals surface area contributed by atoms with Gasteiger partial charge in [-0.3, -0.25) is 0 Å². The molecule has 0 radical (unpaired) electrons. The van der Waals surface area contributed by atoms with Gasteiger partial charge in [0.05, 0.1) is 4.83 Å². The van der Waals surface area contributed by atoms with Gasteiger partial charge in [-0.25, -0.2) is 4.98 Å². The van der Waals surface area contributed by atoms with Crippen LogP contribution in [0.3, 0.4) is 0 Å². The molecule has 2 nitrogen and oxygen atoms in total. The van der Waals surface area contributed by atoms with Crippen molar-refractivity contribution < 1.29 is 4.42 Å². The fourth-order valence-electron chi connectivity index (χ4n) is 2.27. The highest BCUT2D eigenvalue weighted by molar-refractivity contribution is 9.09. The third kappa shape index (κ3) is 4.57. The first-order valence-corrected chi connectivity index (χ1v) is 9.04. The lowest BCUT2D eigenvalue weighted by atomic mass is 10.1. The highest BCUT2D eigenvalue weighted by Gasteiger charge is 2.19. The first-order valence-electron chi connectivity index (χ1n) is 8.13. The second-order valence-electron chi connectivity index (χ2n) is 5.44. The van der Waals surface area contributed by atoms with Crippen molar-refractivity contribution in [2.75, 3.05) is 0 Å². The van der Waals surface area contributed by atoms with Gasteiger partial charge >= 0.3 is 0 Å². The predicted molar refractivity (Wildman–Crippen MR) is 97.1 cm³/mol. The molecule has 0 fully saturated rings. The van der Waals surface area contributed by atoms with Crippen LogP contribution in [0.5, 0.6) is 0 Å². The number of nitrogens with zero attached hydrogens (tertiary/aromatic N) is 1. The van der Waals surface area contributed by atoms with Crippen molar-refractivity contribution in [3.8, 4) is 11.5 Å². The number of benzene rings is 1. The minimum absolute atomic E-state index is 0.221. The summed E-state index contributed by atoms with van der Waals surface area (Å²) in [5.74, 6) is 1.65. The zero-order valence-electron chi connectivity index (χ0n) is 13.4. The summed E-state index contributed by atoms with van der Waals surface area (Å²) in [6.07, 6.45) is 9.90. The molecule has 118 valence electrons.